The van der Waals surface area contributed by atoms with E-state index in [1.807, 2.05) is 31.3 Å². The van der Waals surface area contributed by atoms with E-state index >= 15 is 0 Å². The van der Waals surface area contributed by atoms with Crippen molar-refractivity contribution < 1.29 is 9.59 Å². The molecule has 1 aliphatic heterocycles. The van der Waals surface area contributed by atoms with E-state index in [0.29, 0.717) is 23.0 Å². The van der Waals surface area contributed by atoms with Crippen LogP contribution in [0.25, 0.3) is 0 Å². The van der Waals surface area contributed by atoms with Gasteiger partial charge in [0.15, 0.2) is 0 Å². The zero-order chi connectivity index (χ0) is 24.9. The molecule has 182 valence electrons. The molecule has 1 aromatic heterocycles. The SMILES string of the molecule is CCCCc1cccc(C(N)=O)c1[AsH]c1nc(Nc2ccc3c(c2)CCCC(=O)N3C)ncc1Cl. The Kier molecular flexibility index (Phi) is 8.09. The van der Waals surface area contributed by atoms with Crippen molar-refractivity contribution >= 4 is 65.3 Å². The standard InChI is InChI=1S/C26H29AsClN5O2/c1-3-4-7-16-8-5-10-19(25(29)35)23(16)27-24-20(28)15-30-26(32-24)31-18-12-13-21-17(14-18)9-6-11-22(34)33(21)2/h5,8,10,12-15,27H,3-4,6-7,9,11H2,1-2H3,(H2,29,35)(H,30,31,32). The molecule has 0 spiro atoms. The molecule has 3 aromatic rings. The Balaban J connectivity index is 1.62. The molecule has 1 unspecified atom stereocenters. The predicted octanol–water partition coefficient (Wildman–Crippen LogP) is 3.00. The van der Waals surface area contributed by atoms with Crippen molar-refractivity contribution in [3.8, 4) is 0 Å². The third-order valence-corrected chi connectivity index (χ3v) is 9.78. The fourth-order valence-corrected chi connectivity index (χ4v) is 7.26. The first-order valence-corrected chi connectivity index (χ1v) is 14.2. The van der Waals surface area contributed by atoms with Crippen molar-refractivity contribution in [1.82, 2.24) is 9.97 Å². The number of nitrogens with one attached hydrogen (secondary N) is 1. The first-order chi connectivity index (χ1) is 16.9. The molecular formula is C26H29AsClN5O2. The number of anilines is 3. The number of nitrogens with two attached hydrogens (primary N) is 1. The summed E-state index contributed by atoms with van der Waals surface area (Å²) in [6.07, 6.45) is 6.80. The Hall–Kier alpha value is -2.89. The summed E-state index contributed by atoms with van der Waals surface area (Å²) in [6, 6.07) is 11.7. The van der Waals surface area contributed by atoms with Crippen LogP contribution in [0.5, 0.6) is 0 Å². The van der Waals surface area contributed by atoms with Crippen molar-refractivity contribution in [2.24, 2.45) is 5.73 Å². The summed E-state index contributed by atoms with van der Waals surface area (Å²) >= 11 is 5.46. The van der Waals surface area contributed by atoms with Gasteiger partial charge in [-0.3, -0.25) is 0 Å². The molecule has 2 aromatic carbocycles. The van der Waals surface area contributed by atoms with E-state index in [0.717, 1.165) is 63.4 Å². The third kappa shape index (κ3) is 5.85. The Morgan fingerprint density at radius 1 is 1.26 bits per heavy atom. The van der Waals surface area contributed by atoms with Gasteiger partial charge in [-0.05, 0) is 0 Å². The average molecular weight is 554 g/mol. The number of halogens is 1. The van der Waals surface area contributed by atoms with Crippen LogP contribution in [0.2, 0.25) is 5.02 Å². The predicted molar refractivity (Wildman–Crippen MR) is 143 cm³/mol. The molecule has 9 heteroatoms. The average Bonchev–Trinajstić information content (AvgIpc) is 2.98. The zero-order valence-electron chi connectivity index (χ0n) is 19.9. The van der Waals surface area contributed by atoms with Gasteiger partial charge in [0.05, 0.1) is 0 Å². The summed E-state index contributed by atoms with van der Waals surface area (Å²) in [5.74, 6) is 0.144. The minimum atomic E-state index is -1.04. The Bertz CT molecular complexity index is 1270. The molecule has 3 N–H and O–H groups in total. The number of amides is 2. The second kappa shape index (κ2) is 11.2. The molecule has 1 atom stereocenters. The summed E-state index contributed by atoms with van der Waals surface area (Å²) in [6.45, 7) is 2.14. The molecule has 0 radical (unpaired) electrons. The van der Waals surface area contributed by atoms with Crippen molar-refractivity contribution in [1.29, 1.82) is 0 Å². The first kappa shape index (κ1) is 25.2. The van der Waals surface area contributed by atoms with Gasteiger partial charge in [-0.25, -0.2) is 0 Å². The van der Waals surface area contributed by atoms with Crippen LogP contribution >= 0.6 is 11.6 Å². The van der Waals surface area contributed by atoms with E-state index in [-0.39, 0.29) is 5.91 Å². The number of primary amides is 1. The van der Waals surface area contributed by atoms with Crippen molar-refractivity contribution in [2.75, 3.05) is 17.3 Å². The number of rotatable bonds is 8. The number of benzene rings is 2. The number of aromatic nitrogens is 2. The molecule has 2 heterocycles. The Labute approximate surface area is 217 Å². The summed E-state index contributed by atoms with van der Waals surface area (Å²) in [7, 11) is 1.82. The third-order valence-electron chi connectivity index (χ3n) is 6.11. The molecule has 35 heavy (non-hydrogen) atoms. The van der Waals surface area contributed by atoms with Gasteiger partial charge >= 0.3 is 218 Å². The van der Waals surface area contributed by atoms with E-state index in [2.05, 4.69) is 23.3 Å². The molecule has 0 bridgehead atoms. The van der Waals surface area contributed by atoms with Gasteiger partial charge in [0, 0.05) is 0 Å². The second-order valence-corrected chi connectivity index (χ2v) is 11.6. The summed E-state index contributed by atoms with van der Waals surface area (Å²) in [5, 5.41) is 3.77. The van der Waals surface area contributed by atoms with Crippen molar-refractivity contribution in [2.45, 2.75) is 45.4 Å². The molecule has 4 rings (SSSR count). The number of carbonyl (C=O) groups is 2. The van der Waals surface area contributed by atoms with Gasteiger partial charge in [0.1, 0.15) is 0 Å². The fraction of sp³-hybridized carbons (Fsp3) is 0.308. The Morgan fingerprint density at radius 3 is 2.86 bits per heavy atom. The molecule has 0 saturated heterocycles. The van der Waals surface area contributed by atoms with Gasteiger partial charge in [-0.2, -0.15) is 0 Å². The van der Waals surface area contributed by atoms with Crippen LogP contribution in [0.1, 0.15) is 54.1 Å². The molecule has 1 aliphatic rings. The van der Waals surface area contributed by atoms with Gasteiger partial charge in [-0.15, -0.1) is 0 Å². The molecule has 7 nitrogen and oxygen atoms in total. The van der Waals surface area contributed by atoms with Gasteiger partial charge in [0.25, 0.3) is 0 Å². The van der Waals surface area contributed by atoms with Crippen molar-refractivity contribution in [3.63, 3.8) is 0 Å². The first-order valence-electron chi connectivity index (χ1n) is 11.7. The Morgan fingerprint density at radius 2 is 2.09 bits per heavy atom. The number of hydrogen-bond acceptors (Lipinski definition) is 5. The summed E-state index contributed by atoms with van der Waals surface area (Å²) < 4.78 is 1.73. The second-order valence-electron chi connectivity index (χ2n) is 8.60. The van der Waals surface area contributed by atoms with E-state index in [9.17, 15) is 9.59 Å². The molecule has 0 aliphatic carbocycles. The molecule has 0 saturated carbocycles. The van der Waals surface area contributed by atoms with Crippen LogP contribution in [-0.2, 0) is 17.6 Å². The number of nitrogens with zero attached hydrogens (tertiary/aromatic N) is 3. The van der Waals surface area contributed by atoms with E-state index in [1.54, 1.807) is 17.2 Å². The molecular weight excluding hydrogens is 525 g/mol. The van der Waals surface area contributed by atoms with Crippen LogP contribution in [0, 0.1) is 0 Å². The van der Waals surface area contributed by atoms with Gasteiger partial charge in [-0.1, -0.05) is 0 Å². The van der Waals surface area contributed by atoms with Crippen LogP contribution in [0.3, 0.4) is 0 Å². The number of hydrogen-bond donors (Lipinski definition) is 2. The van der Waals surface area contributed by atoms with Crippen LogP contribution in [0.15, 0.2) is 42.6 Å². The quantitative estimate of drug-likeness (QED) is 0.418. The number of fused-ring (bicyclic) bond motifs is 1. The number of aryl methyl sites for hydroxylation is 2. The summed E-state index contributed by atoms with van der Waals surface area (Å²) in [5.41, 5.74) is 10.3. The number of carbonyl (C=O) groups excluding carboxylic acids is 2. The number of unbranched alkanes of at least 4 members (excludes halogenated alkanes) is 1. The van der Waals surface area contributed by atoms with Gasteiger partial charge < -0.3 is 0 Å². The van der Waals surface area contributed by atoms with E-state index in [1.165, 1.54) is 0 Å². The van der Waals surface area contributed by atoms with Crippen LogP contribution in [-0.4, -0.2) is 44.6 Å². The van der Waals surface area contributed by atoms with Crippen LogP contribution in [0.4, 0.5) is 17.3 Å². The molecule has 2 amide bonds. The normalized spacial score (nSPS) is 13.7. The zero-order valence-corrected chi connectivity index (χ0v) is 22.8. The summed E-state index contributed by atoms with van der Waals surface area (Å²) in [4.78, 5) is 35.2. The fourth-order valence-electron chi connectivity index (χ4n) is 4.21. The maximum absolute atomic E-state index is 12.2. The van der Waals surface area contributed by atoms with E-state index < -0.39 is 21.7 Å². The van der Waals surface area contributed by atoms with Gasteiger partial charge in [0.2, 0.25) is 0 Å². The maximum atomic E-state index is 12.2. The van der Waals surface area contributed by atoms with E-state index in [4.69, 9.17) is 22.3 Å². The monoisotopic (exact) mass is 553 g/mol. The minimum absolute atomic E-state index is 0.133. The topological polar surface area (TPSA) is 101 Å². The van der Waals surface area contributed by atoms with Crippen molar-refractivity contribution in [3.05, 3.63) is 64.3 Å². The van der Waals surface area contributed by atoms with Crippen LogP contribution < -0.4 is 24.8 Å². The molecule has 0 fully saturated rings.